The number of rotatable bonds is 6. The van der Waals surface area contributed by atoms with Gasteiger partial charge >= 0.3 is 30.0 Å². The first-order valence-electron chi connectivity index (χ1n) is 10.4. The molecule has 0 bridgehead atoms. The third-order valence-electron chi connectivity index (χ3n) is 3.98. The molecule has 1 aliphatic rings. The van der Waals surface area contributed by atoms with E-state index in [1.807, 2.05) is 0 Å². The highest BCUT2D eigenvalue weighted by Crippen LogP contribution is 2.30. The largest absolute Gasteiger partial charge is 0.463 e. The van der Waals surface area contributed by atoms with Crippen molar-refractivity contribution >= 4 is 35.8 Å². The Morgan fingerprint density at radius 1 is 0.824 bits per heavy atom. The molecule has 0 aliphatic carbocycles. The van der Waals surface area contributed by atoms with Gasteiger partial charge in [-0.2, -0.15) is 0 Å². The molecule has 1 rings (SSSR count). The molecule has 1 fully saturated rings. The number of carbonyl (C=O) groups is 5. The summed E-state index contributed by atoms with van der Waals surface area (Å²) < 4.78 is 31.8. The smallest absolute Gasteiger partial charge is 0.413 e. The predicted octanol–water partition coefficient (Wildman–Crippen LogP) is 1.01. The molecule has 1 N–H and O–H groups in total. The second-order valence-electron chi connectivity index (χ2n) is 8.44. The maximum absolute atomic E-state index is 12.1. The topological polar surface area (TPSA) is 165 Å². The predicted molar refractivity (Wildman–Crippen MR) is 114 cm³/mol. The minimum Gasteiger partial charge on any atom is -0.463 e. The van der Waals surface area contributed by atoms with Crippen LogP contribution in [0.2, 0.25) is 0 Å². The normalized spacial score (nSPS) is 24.9. The lowest BCUT2D eigenvalue weighted by Gasteiger charge is -2.43. The van der Waals surface area contributed by atoms with Gasteiger partial charge in [0.15, 0.2) is 18.2 Å². The molecule has 34 heavy (non-hydrogen) atoms. The molecule has 5 atom stereocenters. The number of amidine groups is 1. The van der Waals surface area contributed by atoms with Crippen LogP contribution in [0.4, 0.5) is 4.79 Å². The molecule has 0 aromatic rings. The number of hydrogen-bond acceptors (Lipinski definition) is 12. The lowest BCUT2D eigenvalue weighted by molar-refractivity contribution is -0.266. The van der Waals surface area contributed by atoms with Gasteiger partial charge in [0.05, 0.1) is 0 Å². The number of nitrogens with zero attached hydrogens (tertiary/aromatic N) is 1. The van der Waals surface area contributed by atoms with Gasteiger partial charge in [-0.15, -0.1) is 0 Å². The molecule has 0 aromatic carbocycles. The van der Waals surface area contributed by atoms with E-state index in [1.165, 1.54) is 6.92 Å². The first kappa shape index (κ1) is 28.8. The summed E-state index contributed by atoms with van der Waals surface area (Å²) in [5.74, 6) is -2.87. The van der Waals surface area contributed by atoms with Crippen LogP contribution in [0.1, 0.15) is 55.4 Å². The van der Waals surface area contributed by atoms with E-state index in [0.29, 0.717) is 0 Å². The zero-order valence-corrected chi connectivity index (χ0v) is 20.5. The van der Waals surface area contributed by atoms with Crippen LogP contribution in [0.3, 0.4) is 0 Å². The molecule has 0 spiro atoms. The fraction of sp³-hybridized carbons (Fsp3) is 0.714. The Bertz CT molecular complexity index is 818. The van der Waals surface area contributed by atoms with Crippen LogP contribution in [0.25, 0.3) is 0 Å². The van der Waals surface area contributed by atoms with Crippen molar-refractivity contribution in [1.29, 1.82) is 0 Å². The molecule has 1 heterocycles. The molecule has 0 aromatic heterocycles. The Hall–Kier alpha value is -3.22. The lowest BCUT2D eigenvalue weighted by atomic mass is 9.96. The summed E-state index contributed by atoms with van der Waals surface area (Å²) in [4.78, 5) is 63.1. The zero-order valence-electron chi connectivity index (χ0n) is 20.5. The Morgan fingerprint density at radius 2 is 1.35 bits per heavy atom. The number of nitrogens with one attached hydrogen (secondary N) is 1. The molecular weight excluding hydrogens is 456 g/mol. The maximum Gasteiger partial charge on any atom is 0.413 e. The first-order valence-corrected chi connectivity index (χ1v) is 10.4. The zero-order chi connectivity index (χ0) is 26.2. The Morgan fingerprint density at radius 3 is 1.82 bits per heavy atom. The summed E-state index contributed by atoms with van der Waals surface area (Å²) in [6.45, 7) is 10.6. The van der Waals surface area contributed by atoms with Crippen molar-refractivity contribution in [2.24, 2.45) is 4.99 Å². The summed E-state index contributed by atoms with van der Waals surface area (Å²) in [7, 11) is 0. The van der Waals surface area contributed by atoms with Crippen molar-refractivity contribution in [3.63, 3.8) is 0 Å². The highest BCUT2D eigenvalue weighted by molar-refractivity contribution is 5.94. The molecule has 192 valence electrons. The molecule has 0 radical (unpaired) electrons. The summed E-state index contributed by atoms with van der Waals surface area (Å²) >= 11 is 0. The Balaban J connectivity index is 3.40. The van der Waals surface area contributed by atoms with Crippen LogP contribution in [0.15, 0.2) is 4.99 Å². The van der Waals surface area contributed by atoms with Gasteiger partial charge in [-0.1, -0.05) is 0 Å². The monoisotopic (exact) mass is 488 g/mol. The van der Waals surface area contributed by atoms with Crippen LogP contribution in [0.5, 0.6) is 0 Å². The second kappa shape index (κ2) is 12.3. The summed E-state index contributed by atoms with van der Waals surface area (Å²) in [6.07, 6.45) is -6.01. The summed E-state index contributed by atoms with van der Waals surface area (Å²) in [5, 5.41) is 2.41. The van der Waals surface area contributed by atoms with Gasteiger partial charge in [-0.25, -0.2) is 4.79 Å². The van der Waals surface area contributed by atoms with E-state index in [0.717, 1.165) is 27.7 Å². The average molecular weight is 488 g/mol. The quantitative estimate of drug-likeness (QED) is 0.245. The van der Waals surface area contributed by atoms with E-state index < -0.39 is 72.8 Å². The van der Waals surface area contributed by atoms with Gasteiger partial charge in [0.1, 0.15) is 24.1 Å². The van der Waals surface area contributed by atoms with Gasteiger partial charge in [0.2, 0.25) is 6.29 Å². The van der Waals surface area contributed by atoms with Crippen molar-refractivity contribution in [1.82, 2.24) is 5.32 Å². The van der Waals surface area contributed by atoms with Crippen LogP contribution < -0.4 is 5.32 Å². The van der Waals surface area contributed by atoms with E-state index in [2.05, 4.69) is 10.3 Å². The van der Waals surface area contributed by atoms with Gasteiger partial charge < -0.3 is 28.4 Å². The molecule has 13 heteroatoms. The summed E-state index contributed by atoms with van der Waals surface area (Å²) in [5.41, 5.74) is -0.775. The lowest BCUT2D eigenvalue weighted by Crippen LogP contribution is -2.61. The average Bonchev–Trinajstić information content (AvgIpc) is 2.62. The first-order chi connectivity index (χ1) is 15.6. The molecule has 0 unspecified atom stereocenters. The Kier molecular flexibility index (Phi) is 10.4. The Labute approximate surface area is 197 Å². The molecule has 1 saturated heterocycles. The molecule has 13 nitrogen and oxygen atoms in total. The number of carbonyl (C=O) groups excluding carboxylic acids is 5. The fourth-order valence-electron chi connectivity index (χ4n) is 2.99. The minimum absolute atomic E-state index is 0.0113. The van der Waals surface area contributed by atoms with Crippen LogP contribution in [0, 0.1) is 0 Å². The van der Waals surface area contributed by atoms with Crippen molar-refractivity contribution in [2.45, 2.75) is 91.6 Å². The number of alkyl carbamates (subject to hydrolysis) is 1. The van der Waals surface area contributed by atoms with E-state index in [4.69, 9.17) is 28.4 Å². The van der Waals surface area contributed by atoms with E-state index in [-0.39, 0.29) is 5.84 Å². The van der Waals surface area contributed by atoms with Crippen molar-refractivity contribution in [3.05, 3.63) is 0 Å². The van der Waals surface area contributed by atoms with Crippen molar-refractivity contribution in [2.75, 3.05) is 6.61 Å². The minimum atomic E-state index is -1.44. The van der Waals surface area contributed by atoms with Crippen LogP contribution in [-0.2, 0) is 47.6 Å². The third-order valence-corrected chi connectivity index (χ3v) is 3.98. The third kappa shape index (κ3) is 10.1. The van der Waals surface area contributed by atoms with E-state index >= 15 is 0 Å². The number of hydrogen-bond donors (Lipinski definition) is 1. The molecule has 1 amide bonds. The fourth-order valence-corrected chi connectivity index (χ4v) is 2.99. The van der Waals surface area contributed by atoms with E-state index in [1.54, 1.807) is 20.8 Å². The molecular formula is C21H32N2O11. The number of esters is 4. The highest BCUT2D eigenvalue weighted by Gasteiger charge is 2.52. The molecule has 1 aliphatic heterocycles. The second-order valence-corrected chi connectivity index (χ2v) is 8.44. The number of aliphatic imine (C=N–C) groups is 1. The standard InChI is InChI=1S/C21H32N2O11/c1-10(23-20(28)34-21(6,7)8)22-16-18(31-13(4)26)17(30-12(3)25)15(9-29-11(2)24)33-19(16)32-14(5)27/h15-19H,9H2,1-8H3,(H,22,23,28)/t15-,16-,17-,18-,19-/m1/s1. The van der Waals surface area contributed by atoms with E-state index in [9.17, 15) is 24.0 Å². The van der Waals surface area contributed by atoms with Gasteiger partial charge in [-0.05, 0) is 27.7 Å². The van der Waals surface area contributed by atoms with Crippen LogP contribution in [-0.4, -0.2) is 78.7 Å². The van der Waals surface area contributed by atoms with Gasteiger partial charge in [0, 0.05) is 27.7 Å². The summed E-state index contributed by atoms with van der Waals surface area (Å²) in [6, 6.07) is -1.26. The van der Waals surface area contributed by atoms with Crippen molar-refractivity contribution in [3.8, 4) is 0 Å². The SMILES string of the molecule is CC(=O)OC[C@H]1O[C@@H](OC(C)=O)[C@H](N=C(C)NC(=O)OC(C)(C)C)[C@@H](OC(C)=O)[C@@H]1OC(C)=O. The maximum atomic E-state index is 12.1. The van der Waals surface area contributed by atoms with Gasteiger partial charge in [-0.3, -0.25) is 29.5 Å². The van der Waals surface area contributed by atoms with Gasteiger partial charge in [0.25, 0.3) is 0 Å². The number of amides is 1. The van der Waals surface area contributed by atoms with Crippen LogP contribution >= 0.6 is 0 Å². The number of ether oxygens (including phenoxy) is 6. The molecule has 0 saturated carbocycles. The highest BCUT2D eigenvalue weighted by atomic mass is 16.7. The van der Waals surface area contributed by atoms with Crippen molar-refractivity contribution < 1.29 is 52.4 Å².